The maximum Gasteiger partial charge on any atom is 0.293 e. The van der Waals surface area contributed by atoms with Crippen LogP contribution < -0.4 is 17.0 Å². The predicted octanol–water partition coefficient (Wildman–Crippen LogP) is -1.07. The standard InChI is InChI=1S/C10H7NO3.CH4O3S.H4N2/c12-8-7(9(13)11-10(8)14)6-4-2-1-3-5-6;1-5(2,3)4;1-2/h1-5H,(H2,11,12,13,14);1H3,(H,2,3,4);1-2H2. The van der Waals surface area contributed by atoms with E-state index in [9.17, 15) is 23.1 Å². The minimum absolute atomic E-state index is 0.0376. The van der Waals surface area contributed by atoms with Crippen LogP contribution in [-0.2, 0) is 19.7 Å². The first-order valence-electron chi connectivity index (χ1n) is 5.30. The number of carbonyl (C=O) groups excluding carboxylic acids is 2. The average Bonchev–Trinajstić information content (AvgIpc) is 2.65. The maximum absolute atomic E-state index is 11.2. The van der Waals surface area contributed by atoms with E-state index in [2.05, 4.69) is 11.7 Å². The highest BCUT2D eigenvalue weighted by atomic mass is 32.2. The summed E-state index contributed by atoms with van der Waals surface area (Å²) in [7, 11) is -3.67. The van der Waals surface area contributed by atoms with E-state index >= 15 is 0 Å². The van der Waals surface area contributed by atoms with Crippen LogP contribution in [0, 0.1) is 0 Å². The van der Waals surface area contributed by atoms with Crippen molar-refractivity contribution in [1.29, 1.82) is 0 Å². The molecule has 2 rings (SSSR count). The van der Waals surface area contributed by atoms with Gasteiger partial charge in [-0.2, -0.15) is 8.42 Å². The number of amides is 2. The first kappa shape index (κ1) is 18.7. The Kier molecular flexibility index (Phi) is 7.24. The number of aliphatic hydroxyl groups is 1. The highest BCUT2D eigenvalue weighted by Crippen LogP contribution is 2.21. The Morgan fingerprint density at radius 2 is 1.48 bits per heavy atom. The van der Waals surface area contributed by atoms with Crippen molar-refractivity contribution >= 4 is 27.5 Å². The van der Waals surface area contributed by atoms with E-state index in [0.717, 1.165) is 0 Å². The van der Waals surface area contributed by atoms with Crippen molar-refractivity contribution in [2.24, 2.45) is 11.7 Å². The van der Waals surface area contributed by atoms with Gasteiger partial charge in [0.25, 0.3) is 21.9 Å². The van der Waals surface area contributed by atoms with Crippen molar-refractivity contribution in [3.63, 3.8) is 0 Å². The second-order valence-corrected chi connectivity index (χ2v) is 5.07. The van der Waals surface area contributed by atoms with Gasteiger partial charge >= 0.3 is 0 Å². The van der Waals surface area contributed by atoms with Crippen LogP contribution in [0.25, 0.3) is 5.57 Å². The zero-order valence-electron chi connectivity index (χ0n) is 11.0. The zero-order chi connectivity index (χ0) is 16.6. The molecular formula is C11H15N3O6S. The topological polar surface area (TPSA) is 173 Å². The number of imide groups is 1. The molecule has 0 saturated heterocycles. The van der Waals surface area contributed by atoms with Gasteiger partial charge in [-0.25, -0.2) is 0 Å². The van der Waals surface area contributed by atoms with Gasteiger partial charge in [-0.3, -0.25) is 31.1 Å². The fraction of sp³-hybridized carbons (Fsp3) is 0.0909. The summed E-state index contributed by atoms with van der Waals surface area (Å²) in [5.41, 5.74) is 0.573. The van der Waals surface area contributed by atoms with Crippen molar-refractivity contribution in [3.05, 3.63) is 41.7 Å². The Morgan fingerprint density at radius 1 is 1.05 bits per heavy atom. The van der Waals surface area contributed by atoms with Gasteiger partial charge in [-0.15, -0.1) is 0 Å². The lowest BCUT2D eigenvalue weighted by Gasteiger charge is -1.98. The molecule has 0 bridgehead atoms. The van der Waals surface area contributed by atoms with E-state index in [1.54, 1.807) is 30.3 Å². The fourth-order valence-electron chi connectivity index (χ4n) is 1.32. The Balaban J connectivity index is 0.000000489. The lowest BCUT2D eigenvalue weighted by molar-refractivity contribution is -0.124. The minimum atomic E-state index is -3.67. The monoisotopic (exact) mass is 317 g/mol. The third-order valence-electron chi connectivity index (χ3n) is 1.97. The van der Waals surface area contributed by atoms with Crippen LogP contribution in [0.2, 0.25) is 0 Å². The number of benzene rings is 1. The second-order valence-electron chi connectivity index (χ2n) is 3.61. The molecule has 9 nitrogen and oxygen atoms in total. The minimum Gasteiger partial charge on any atom is -0.502 e. The largest absolute Gasteiger partial charge is 0.502 e. The molecule has 116 valence electrons. The third kappa shape index (κ3) is 6.63. The summed E-state index contributed by atoms with van der Waals surface area (Å²) in [5.74, 6) is 6.19. The number of aliphatic hydroxyl groups excluding tert-OH is 1. The molecule has 1 aromatic carbocycles. The summed E-state index contributed by atoms with van der Waals surface area (Å²) in [6.45, 7) is 0. The quantitative estimate of drug-likeness (QED) is 0.188. The van der Waals surface area contributed by atoms with Crippen molar-refractivity contribution in [2.45, 2.75) is 0 Å². The molecule has 10 heteroatoms. The number of nitrogens with one attached hydrogen (secondary N) is 1. The average molecular weight is 317 g/mol. The lowest BCUT2D eigenvalue weighted by atomic mass is 10.1. The summed E-state index contributed by atoms with van der Waals surface area (Å²) >= 11 is 0. The van der Waals surface area contributed by atoms with Gasteiger partial charge in [-0.05, 0) is 5.56 Å². The maximum atomic E-state index is 11.2. The molecule has 0 aliphatic carbocycles. The first-order chi connectivity index (χ1) is 9.70. The second kappa shape index (κ2) is 8.11. The highest BCUT2D eigenvalue weighted by Gasteiger charge is 2.30. The smallest absolute Gasteiger partial charge is 0.293 e. The van der Waals surface area contributed by atoms with E-state index in [1.807, 2.05) is 5.32 Å². The number of carbonyl (C=O) groups is 2. The molecule has 0 spiro atoms. The number of nitrogens with two attached hydrogens (primary N) is 2. The third-order valence-corrected chi connectivity index (χ3v) is 1.97. The molecule has 1 aromatic rings. The Bertz CT molecular complexity index is 631. The Hall–Kier alpha value is -2.27. The number of hydrazine groups is 1. The van der Waals surface area contributed by atoms with Gasteiger partial charge in [0.05, 0.1) is 11.8 Å². The number of hydrogen-bond acceptors (Lipinski definition) is 7. The highest BCUT2D eigenvalue weighted by molar-refractivity contribution is 7.85. The van der Waals surface area contributed by atoms with Crippen molar-refractivity contribution in [2.75, 3.05) is 6.26 Å². The molecule has 0 fully saturated rings. The number of hydrogen-bond donors (Lipinski definition) is 5. The van der Waals surface area contributed by atoms with Gasteiger partial charge < -0.3 is 5.11 Å². The fourth-order valence-corrected chi connectivity index (χ4v) is 1.32. The van der Waals surface area contributed by atoms with Gasteiger partial charge in [0, 0.05) is 0 Å². The lowest BCUT2D eigenvalue weighted by Crippen LogP contribution is -2.22. The molecule has 0 saturated carbocycles. The molecule has 21 heavy (non-hydrogen) atoms. The summed E-state index contributed by atoms with van der Waals surface area (Å²) in [6, 6.07) is 8.56. The Morgan fingerprint density at radius 3 is 1.81 bits per heavy atom. The van der Waals surface area contributed by atoms with E-state index < -0.39 is 27.7 Å². The molecule has 1 aliphatic heterocycles. The summed E-state index contributed by atoms with van der Waals surface area (Å²) in [5, 5.41) is 11.3. The van der Waals surface area contributed by atoms with E-state index in [4.69, 9.17) is 4.55 Å². The van der Waals surface area contributed by atoms with Crippen LogP contribution in [0.1, 0.15) is 5.56 Å². The normalized spacial score (nSPS) is 13.7. The van der Waals surface area contributed by atoms with Crippen LogP contribution in [0.5, 0.6) is 0 Å². The molecule has 0 unspecified atom stereocenters. The van der Waals surface area contributed by atoms with Crippen molar-refractivity contribution < 1.29 is 27.7 Å². The molecule has 0 radical (unpaired) electrons. The van der Waals surface area contributed by atoms with Crippen LogP contribution >= 0.6 is 0 Å². The molecular weight excluding hydrogens is 302 g/mol. The van der Waals surface area contributed by atoms with Crippen LogP contribution in [0.15, 0.2) is 36.1 Å². The summed E-state index contributed by atoms with van der Waals surface area (Å²) in [4.78, 5) is 22.2. The SMILES string of the molecule is CS(=O)(=O)O.NN.O=C1NC(=O)C(c2ccccc2)=C1O. The summed E-state index contributed by atoms with van der Waals surface area (Å²) in [6.07, 6.45) is 0.715. The molecule has 1 heterocycles. The molecule has 7 N–H and O–H groups in total. The molecule has 1 aliphatic rings. The molecule has 2 amide bonds. The van der Waals surface area contributed by atoms with Crippen LogP contribution in [0.4, 0.5) is 0 Å². The molecule has 0 atom stereocenters. The van der Waals surface area contributed by atoms with E-state index in [0.29, 0.717) is 11.8 Å². The van der Waals surface area contributed by atoms with E-state index in [-0.39, 0.29) is 5.57 Å². The van der Waals surface area contributed by atoms with Crippen LogP contribution in [0.3, 0.4) is 0 Å². The van der Waals surface area contributed by atoms with Gasteiger partial charge in [0.15, 0.2) is 5.76 Å². The van der Waals surface area contributed by atoms with E-state index in [1.165, 1.54) is 0 Å². The summed E-state index contributed by atoms with van der Waals surface area (Å²) < 4.78 is 25.9. The van der Waals surface area contributed by atoms with Gasteiger partial charge in [0.1, 0.15) is 0 Å². The van der Waals surface area contributed by atoms with Crippen molar-refractivity contribution in [3.8, 4) is 0 Å². The van der Waals surface area contributed by atoms with Gasteiger partial charge in [-0.1, -0.05) is 30.3 Å². The first-order valence-corrected chi connectivity index (χ1v) is 7.15. The Labute approximate surface area is 121 Å². The predicted molar refractivity (Wildman–Crippen MR) is 75.0 cm³/mol. The van der Waals surface area contributed by atoms with Crippen molar-refractivity contribution in [1.82, 2.24) is 5.32 Å². The van der Waals surface area contributed by atoms with Crippen LogP contribution in [-0.4, -0.2) is 36.1 Å². The van der Waals surface area contributed by atoms with Gasteiger partial charge in [0.2, 0.25) is 0 Å². The molecule has 0 aromatic heterocycles. The number of rotatable bonds is 1. The zero-order valence-corrected chi connectivity index (χ0v) is 11.8.